The van der Waals surface area contributed by atoms with Crippen LogP contribution < -0.4 is 10.6 Å². The lowest BCUT2D eigenvalue weighted by Gasteiger charge is -2.12. The molecule has 7 nitrogen and oxygen atoms in total. The summed E-state index contributed by atoms with van der Waals surface area (Å²) in [6.07, 6.45) is 1.33. The molecule has 0 spiro atoms. The number of rotatable bonds is 4. The molecule has 0 aromatic carbocycles. The number of likely N-dealkylation sites (N-methyl/N-ethyl adjacent to an activating group) is 1. The number of nitro groups is 1. The molecule has 1 rings (SSSR count). The van der Waals surface area contributed by atoms with E-state index in [2.05, 4.69) is 15.6 Å². The first-order valence-corrected chi connectivity index (χ1v) is 4.63. The largest absolute Gasteiger partial charge is 0.386 e. The van der Waals surface area contributed by atoms with E-state index in [1.807, 2.05) is 0 Å². The van der Waals surface area contributed by atoms with Gasteiger partial charge in [0.05, 0.1) is 0 Å². The number of amides is 1. The molecule has 1 unspecified atom stereocenters. The number of hydrogen-bond acceptors (Lipinski definition) is 5. The zero-order chi connectivity index (χ0) is 12.1. The van der Waals surface area contributed by atoms with Gasteiger partial charge in [0.15, 0.2) is 0 Å². The average Bonchev–Trinajstić information content (AvgIpc) is 2.28. The second-order valence-corrected chi connectivity index (χ2v) is 3.11. The van der Waals surface area contributed by atoms with Gasteiger partial charge in [0.25, 0.3) is 0 Å². The second-order valence-electron chi connectivity index (χ2n) is 3.11. The van der Waals surface area contributed by atoms with Gasteiger partial charge in [-0.25, -0.2) is 0 Å². The fraction of sp³-hybridized carbons (Fsp3) is 0.333. The minimum absolute atomic E-state index is 0.226. The maximum Gasteiger partial charge on any atom is 0.386 e. The van der Waals surface area contributed by atoms with E-state index in [1.54, 1.807) is 13.0 Å². The number of carbonyl (C=O) groups excluding carboxylic acids is 1. The van der Waals surface area contributed by atoms with Crippen molar-refractivity contribution in [3.8, 4) is 0 Å². The van der Waals surface area contributed by atoms with E-state index in [4.69, 9.17) is 0 Å². The Morgan fingerprint density at radius 3 is 2.88 bits per heavy atom. The molecule has 0 fully saturated rings. The van der Waals surface area contributed by atoms with Crippen LogP contribution in [-0.2, 0) is 4.79 Å². The molecule has 0 radical (unpaired) electrons. The van der Waals surface area contributed by atoms with Gasteiger partial charge in [-0.1, -0.05) is 0 Å². The smallest absolute Gasteiger partial charge is 0.367 e. The summed E-state index contributed by atoms with van der Waals surface area (Å²) < 4.78 is 0. The summed E-state index contributed by atoms with van der Waals surface area (Å²) in [5.74, 6) is -0.545. The predicted molar refractivity (Wildman–Crippen MR) is 58.0 cm³/mol. The fourth-order valence-corrected chi connectivity index (χ4v) is 1.17. The van der Waals surface area contributed by atoms with Crippen LogP contribution in [0, 0.1) is 10.1 Å². The third kappa shape index (κ3) is 2.66. The van der Waals surface area contributed by atoms with Gasteiger partial charge in [-0.15, -0.1) is 0 Å². The average molecular weight is 224 g/mol. The number of anilines is 1. The van der Waals surface area contributed by atoms with Crippen LogP contribution in [0.4, 0.5) is 11.5 Å². The van der Waals surface area contributed by atoms with E-state index in [0.29, 0.717) is 0 Å². The zero-order valence-corrected chi connectivity index (χ0v) is 8.93. The van der Waals surface area contributed by atoms with E-state index in [0.717, 1.165) is 0 Å². The number of carbonyl (C=O) groups is 1. The first kappa shape index (κ1) is 11.9. The summed E-state index contributed by atoms with van der Waals surface area (Å²) in [7, 11) is 1.50. The van der Waals surface area contributed by atoms with E-state index in [9.17, 15) is 14.9 Å². The molecule has 0 aliphatic rings. The SMILES string of the molecule is CNC(=O)C(C)Nc1cccnc1[N+](=O)[O-]. The highest BCUT2D eigenvalue weighted by Gasteiger charge is 2.18. The molecule has 2 N–H and O–H groups in total. The van der Waals surface area contributed by atoms with Crippen LogP contribution in [0.3, 0.4) is 0 Å². The van der Waals surface area contributed by atoms with Crippen molar-refractivity contribution in [2.24, 2.45) is 0 Å². The minimum atomic E-state index is -0.598. The summed E-state index contributed by atoms with van der Waals surface area (Å²) in [4.78, 5) is 24.9. The molecule has 0 aliphatic carbocycles. The predicted octanol–water partition coefficient (Wildman–Crippen LogP) is 0.536. The van der Waals surface area contributed by atoms with Crippen LogP contribution in [0.2, 0.25) is 0 Å². The van der Waals surface area contributed by atoms with Gasteiger partial charge >= 0.3 is 5.82 Å². The number of aromatic nitrogens is 1. The molecule has 1 aromatic heterocycles. The Hall–Kier alpha value is -2.18. The summed E-state index contributed by atoms with van der Waals surface area (Å²) in [6, 6.07) is 2.50. The van der Waals surface area contributed by atoms with Crippen molar-refractivity contribution in [2.45, 2.75) is 13.0 Å². The normalized spacial score (nSPS) is 11.6. The standard InChI is InChI=1S/C9H12N4O3/c1-6(9(14)10-2)12-7-4-3-5-11-8(7)13(15)16/h3-6,12H,1-2H3,(H,10,14). The number of nitrogens with one attached hydrogen (secondary N) is 2. The lowest BCUT2D eigenvalue weighted by atomic mass is 10.3. The van der Waals surface area contributed by atoms with Crippen LogP contribution >= 0.6 is 0 Å². The molecule has 0 saturated carbocycles. The maximum atomic E-state index is 11.2. The molecule has 0 aliphatic heterocycles. The second kappa shape index (κ2) is 5.06. The topological polar surface area (TPSA) is 97.2 Å². The molecule has 16 heavy (non-hydrogen) atoms. The Bertz CT molecular complexity index is 407. The van der Waals surface area contributed by atoms with Gasteiger partial charge in [-0.05, 0) is 29.0 Å². The molecular weight excluding hydrogens is 212 g/mol. The van der Waals surface area contributed by atoms with Gasteiger partial charge in [-0.2, -0.15) is 0 Å². The highest BCUT2D eigenvalue weighted by molar-refractivity contribution is 5.84. The summed E-state index contributed by atoms with van der Waals surface area (Å²) >= 11 is 0. The maximum absolute atomic E-state index is 11.2. The molecule has 1 aromatic rings. The Labute approximate surface area is 92.0 Å². The van der Waals surface area contributed by atoms with Gasteiger partial charge in [0, 0.05) is 7.05 Å². The number of hydrogen-bond donors (Lipinski definition) is 2. The molecule has 86 valence electrons. The van der Waals surface area contributed by atoms with Gasteiger partial charge < -0.3 is 20.7 Å². The van der Waals surface area contributed by atoms with Crippen molar-refractivity contribution in [1.29, 1.82) is 0 Å². The van der Waals surface area contributed by atoms with Crippen LogP contribution in [0.15, 0.2) is 18.3 Å². The highest BCUT2D eigenvalue weighted by atomic mass is 16.6. The molecule has 1 heterocycles. The molecule has 1 amide bonds. The molecule has 0 saturated heterocycles. The Morgan fingerprint density at radius 2 is 2.31 bits per heavy atom. The van der Waals surface area contributed by atoms with Crippen molar-refractivity contribution in [1.82, 2.24) is 10.3 Å². The van der Waals surface area contributed by atoms with Crippen molar-refractivity contribution < 1.29 is 9.72 Å². The van der Waals surface area contributed by atoms with Crippen molar-refractivity contribution in [3.05, 3.63) is 28.4 Å². The Balaban J connectivity index is 2.88. The lowest BCUT2D eigenvalue weighted by molar-refractivity contribution is -0.388. The number of nitrogens with zero attached hydrogens (tertiary/aromatic N) is 2. The molecule has 0 bridgehead atoms. The van der Waals surface area contributed by atoms with E-state index < -0.39 is 11.0 Å². The summed E-state index contributed by atoms with van der Waals surface area (Å²) in [5.41, 5.74) is 0.226. The van der Waals surface area contributed by atoms with E-state index >= 15 is 0 Å². The molecular formula is C9H12N4O3. The minimum Gasteiger partial charge on any atom is -0.367 e. The van der Waals surface area contributed by atoms with Gasteiger partial charge in [0.1, 0.15) is 17.9 Å². The molecule has 7 heteroatoms. The Kier molecular flexibility index (Phi) is 3.76. The van der Waals surface area contributed by atoms with Crippen molar-refractivity contribution in [3.63, 3.8) is 0 Å². The third-order valence-corrected chi connectivity index (χ3v) is 1.97. The van der Waals surface area contributed by atoms with E-state index in [-0.39, 0.29) is 17.4 Å². The highest BCUT2D eigenvalue weighted by Crippen LogP contribution is 2.20. The first-order chi connectivity index (χ1) is 7.56. The Morgan fingerprint density at radius 1 is 1.62 bits per heavy atom. The van der Waals surface area contributed by atoms with Crippen LogP contribution in [0.5, 0.6) is 0 Å². The summed E-state index contributed by atoms with van der Waals surface area (Å²) in [5, 5.41) is 15.8. The fourth-order valence-electron chi connectivity index (χ4n) is 1.17. The van der Waals surface area contributed by atoms with Crippen LogP contribution in [0.1, 0.15) is 6.92 Å². The van der Waals surface area contributed by atoms with Crippen molar-refractivity contribution >= 4 is 17.4 Å². The van der Waals surface area contributed by atoms with Crippen LogP contribution in [0.25, 0.3) is 0 Å². The van der Waals surface area contributed by atoms with Crippen molar-refractivity contribution in [2.75, 3.05) is 12.4 Å². The third-order valence-electron chi connectivity index (χ3n) is 1.97. The number of pyridine rings is 1. The summed E-state index contributed by atoms with van der Waals surface area (Å²) in [6.45, 7) is 1.61. The quantitative estimate of drug-likeness (QED) is 0.574. The lowest BCUT2D eigenvalue weighted by Crippen LogP contribution is -2.35. The van der Waals surface area contributed by atoms with Crippen LogP contribution in [-0.4, -0.2) is 28.9 Å². The molecule has 1 atom stereocenters. The zero-order valence-electron chi connectivity index (χ0n) is 8.93. The first-order valence-electron chi connectivity index (χ1n) is 4.63. The monoisotopic (exact) mass is 224 g/mol. The van der Waals surface area contributed by atoms with Gasteiger partial charge in [-0.3, -0.25) is 4.79 Å². The van der Waals surface area contributed by atoms with E-state index in [1.165, 1.54) is 19.3 Å². The van der Waals surface area contributed by atoms with Gasteiger partial charge in [0.2, 0.25) is 5.91 Å².